The molecule has 0 fully saturated rings. The van der Waals surface area contributed by atoms with Crippen molar-refractivity contribution >= 4 is 23.2 Å². The van der Waals surface area contributed by atoms with Crippen LogP contribution in [0.3, 0.4) is 0 Å². The van der Waals surface area contributed by atoms with Crippen molar-refractivity contribution in [3.05, 3.63) is 99.2 Å². The maximum atomic E-state index is 13.3. The van der Waals surface area contributed by atoms with Gasteiger partial charge in [0.1, 0.15) is 40.5 Å². The molecular weight excluding hydrogens is 529 g/mol. The van der Waals surface area contributed by atoms with Crippen molar-refractivity contribution < 1.29 is 27.6 Å². The van der Waals surface area contributed by atoms with Gasteiger partial charge in [0.15, 0.2) is 11.5 Å². The Hall–Kier alpha value is -5.82. The van der Waals surface area contributed by atoms with Gasteiger partial charge in [-0.15, -0.1) is 0 Å². The molecule has 200 valence electrons. The van der Waals surface area contributed by atoms with Gasteiger partial charge in [-0.05, 0) is 48.0 Å². The first-order chi connectivity index (χ1) is 19.1. The molecule has 4 rings (SSSR count). The van der Waals surface area contributed by atoms with Crippen LogP contribution in [0.5, 0.6) is 17.2 Å². The number of benzene rings is 3. The highest BCUT2D eigenvalue weighted by atomic mass is 19.4. The minimum absolute atomic E-state index is 0.00205. The fourth-order valence-corrected chi connectivity index (χ4v) is 3.77. The van der Waals surface area contributed by atoms with Crippen LogP contribution in [0, 0.1) is 32.8 Å². The van der Waals surface area contributed by atoms with Crippen LogP contribution in [-0.4, -0.2) is 21.8 Å². The molecule has 2 N–H and O–H groups in total. The number of halogens is 3. The highest BCUT2D eigenvalue weighted by Crippen LogP contribution is 2.40. The number of hydrogen-bond acceptors (Lipinski definition) is 8. The Balaban J connectivity index is 1.71. The Morgan fingerprint density at radius 2 is 1.82 bits per heavy atom. The molecule has 0 saturated heterocycles. The Labute approximate surface area is 224 Å². The van der Waals surface area contributed by atoms with Crippen molar-refractivity contribution in [3.63, 3.8) is 0 Å². The second-order valence-corrected chi connectivity index (χ2v) is 8.08. The molecule has 0 aliphatic carbocycles. The summed E-state index contributed by atoms with van der Waals surface area (Å²) in [6.07, 6.45) is -3.55. The molecule has 0 spiro atoms. The van der Waals surface area contributed by atoms with Gasteiger partial charge in [0.2, 0.25) is 0 Å². The van der Waals surface area contributed by atoms with Crippen LogP contribution in [0.4, 0.5) is 24.7 Å². The van der Waals surface area contributed by atoms with E-state index in [1.807, 2.05) is 12.1 Å². The van der Waals surface area contributed by atoms with Crippen LogP contribution < -0.4 is 15.2 Å². The molecular formula is C27H17F3N6O4. The van der Waals surface area contributed by atoms with Gasteiger partial charge < -0.3 is 15.2 Å². The Kier molecular flexibility index (Phi) is 7.41. The summed E-state index contributed by atoms with van der Waals surface area (Å²) >= 11 is 0. The lowest BCUT2D eigenvalue weighted by Gasteiger charge is -2.13. The number of nitro groups is 1. The zero-order valence-electron chi connectivity index (χ0n) is 20.5. The standard InChI is InChI=1S/C27H17F3N6O4/c1-39-24-12-16(7-10-23(24)40-19-8-9-22(36(37)38)21(13-19)27(28,29)30)11-17(14-31)25-20(15-32)26(33)35(34-25)18-5-3-2-4-6-18/h2-13H,33H2,1H3/b17-11+. The fourth-order valence-electron chi connectivity index (χ4n) is 3.77. The SMILES string of the molecule is COc1cc(/C=C(\C#N)c2nn(-c3ccccc3)c(N)c2C#N)ccc1Oc1ccc([N+](=O)[O-])c(C(F)(F)F)c1. The second-order valence-electron chi connectivity index (χ2n) is 8.08. The molecule has 4 aromatic rings. The molecule has 0 aliphatic heterocycles. The number of nitrogens with two attached hydrogens (primary N) is 1. The van der Waals surface area contributed by atoms with Gasteiger partial charge in [0.25, 0.3) is 5.69 Å². The molecule has 13 heteroatoms. The van der Waals surface area contributed by atoms with Crippen LogP contribution in [0.15, 0.2) is 66.7 Å². The molecule has 10 nitrogen and oxygen atoms in total. The monoisotopic (exact) mass is 546 g/mol. The lowest BCUT2D eigenvalue weighted by atomic mass is 10.1. The van der Waals surface area contributed by atoms with Crippen molar-refractivity contribution in [2.75, 3.05) is 12.8 Å². The van der Waals surface area contributed by atoms with E-state index in [1.165, 1.54) is 36.1 Å². The highest BCUT2D eigenvalue weighted by Gasteiger charge is 2.38. The van der Waals surface area contributed by atoms with E-state index >= 15 is 0 Å². The molecule has 0 atom stereocenters. The Morgan fingerprint density at radius 1 is 1.10 bits per heavy atom. The lowest BCUT2D eigenvalue weighted by molar-refractivity contribution is -0.388. The van der Waals surface area contributed by atoms with E-state index < -0.39 is 22.4 Å². The fraction of sp³-hybridized carbons (Fsp3) is 0.0741. The van der Waals surface area contributed by atoms with Crippen molar-refractivity contribution in [1.29, 1.82) is 10.5 Å². The number of rotatable bonds is 7. The smallest absolute Gasteiger partial charge is 0.423 e. The molecule has 3 aromatic carbocycles. The number of ether oxygens (including phenoxy) is 2. The number of nitrogen functional groups attached to an aromatic ring is 1. The zero-order chi connectivity index (χ0) is 29.0. The number of nitriles is 2. The summed E-state index contributed by atoms with van der Waals surface area (Å²) < 4.78 is 52.2. The van der Waals surface area contributed by atoms with E-state index in [1.54, 1.807) is 30.3 Å². The maximum Gasteiger partial charge on any atom is 0.423 e. The summed E-state index contributed by atoms with van der Waals surface area (Å²) in [5, 5.41) is 34.9. The number of allylic oxidation sites excluding steroid dienone is 1. The summed E-state index contributed by atoms with van der Waals surface area (Å²) in [6.45, 7) is 0. The van der Waals surface area contributed by atoms with Crippen LogP contribution in [0.25, 0.3) is 17.3 Å². The van der Waals surface area contributed by atoms with E-state index in [-0.39, 0.29) is 39.9 Å². The third-order valence-corrected chi connectivity index (χ3v) is 5.61. The molecule has 1 aromatic heterocycles. The van der Waals surface area contributed by atoms with E-state index in [4.69, 9.17) is 15.2 Å². The largest absolute Gasteiger partial charge is 0.493 e. The van der Waals surface area contributed by atoms with Crippen molar-refractivity contribution in [3.8, 4) is 35.1 Å². The van der Waals surface area contributed by atoms with Gasteiger partial charge in [0.05, 0.1) is 23.3 Å². The molecule has 0 aliphatic rings. The molecule has 0 saturated carbocycles. The lowest BCUT2D eigenvalue weighted by Crippen LogP contribution is -2.09. The quantitative estimate of drug-likeness (QED) is 0.165. The molecule has 40 heavy (non-hydrogen) atoms. The minimum atomic E-state index is -4.98. The molecule has 0 radical (unpaired) electrons. The number of hydrogen-bond donors (Lipinski definition) is 1. The number of nitrogens with zero attached hydrogens (tertiary/aromatic N) is 5. The van der Waals surface area contributed by atoms with Crippen LogP contribution in [-0.2, 0) is 6.18 Å². The zero-order valence-corrected chi connectivity index (χ0v) is 20.5. The third kappa shape index (κ3) is 5.39. The second kappa shape index (κ2) is 10.9. The van der Waals surface area contributed by atoms with E-state index in [9.17, 15) is 33.8 Å². The summed E-state index contributed by atoms with van der Waals surface area (Å²) in [7, 11) is 1.30. The summed E-state index contributed by atoms with van der Waals surface area (Å²) in [5.41, 5.74) is 4.63. The van der Waals surface area contributed by atoms with E-state index in [2.05, 4.69) is 5.10 Å². The molecule has 0 bridgehead atoms. The van der Waals surface area contributed by atoms with Crippen LogP contribution in [0.1, 0.15) is 22.4 Å². The highest BCUT2D eigenvalue weighted by molar-refractivity contribution is 5.91. The summed E-state index contributed by atoms with van der Waals surface area (Å²) in [4.78, 5) is 9.88. The number of methoxy groups -OCH3 is 1. The average Bonchev–Trinajstić information content (AvgIpc) is 3.27. The molecule has 0 unspecified atom stereocenters. The van der Waals surface area contributed by atoms with Crippen LogP contribution >= 0.6 is 0 Å². The minimum Gasteiger partial charge on any atom is -0.493 e. The Bertz CT molecular complexity index is 1720. The number of alkyl halides is 3. The van der Waals surface area contributed by atoms with E-state index in [0.717, 1.165) is 6.07 Å². The van der Waals surface area contributed by atoms with Crippen molar-refractivity contribution in [1.82, 2.24) is 9.78 Å². The number of nitro benzene ring substituents is 1. The van der Waals surface area contributed by atoms with Crippen molar-refractivity contribution in [2.24, 2.45) is 0 Å². The average molecular weight is 546 g/mol. The van der Waals surface area contributed by atoms with E-state index in [0.29, 0.717) is 23.4 Å². The third-order valence-electron chi connectivity index (χ3n) is 5.61. The van der Waals surface area contributed by atoms with Gasteiger partial charge in [-0.1, -0.05) is 24.3 Å². The van der Waals surface area contributed by atoms with Crippen LogP contribution in [0.2, 0.25) is 0 Å². The predicted molar refractivity (Wildman–Crippen MR) is 137 cm³/mol. The summed E-state index contributed by atoms with van der Waals surface area (Å²) in [5.74, 6) is -0.159. The number of para-hydroxylation sites is 1. The van der Waals surface area contributed by atoms with Gasteiger partial charge in [-0.25, -0.2) is 4.68 Å². The topological polar surface area (TPSA) is 153 Å². The van der Waals surface area contributed by atoms with Gasteiger partial charge in [-0.3, -0.25) is 10.1 Å². The first-order valence-electron chi connectivity index (χ1n) is 11.2. The summed E-state index contributed by atoms with van der Waals surface area (Å²) in [6, 6.07) is 19.4. The van der Waals surface area contributed by atoms with Gasteiger partial charge in [-0.2, -0.15) is 28.8 Å². The Morgan fingerprint density at radius 3 is 2.42 bits per heavy atom. The molecule has 0 amide bonds. The predicted octanol–water partition coefficient (Wildman–Crippen LogP) is 6.12. The number of anilines is 1. The maximum absolute atomic E-state index is 13.3. The molecule has 1 heterocycles. The van der Waals surface area contributed by atoms with Crippen molar-refractivity contribution in [2.45, 2.75) is 6.18 Å². The first-order valence-corrected chi connectivity index (χ1v) is 11.2. The first kappa shape index (κ1) is 27.2. The van der Waals surface area contributed by atoms with Gasteiger partial charge >= 0.3 is 6.18 Å². The number of aromatic nitrogens is 2. The van der Waals surface area contributed by atoms with Gasteiger partial charge in [0, 0.05) is 6.07 Å². The normalized spacial score (nSPS) is 11.4.